The van der Waals surface area contributed by atoms with E-state index in [4.69, 9.17) is 33.7 Å². The van der Waals surface area contributed by atoms with E-state index in [-0.39, 0.29) is 12.2 Å². The summed E-state index contributed by atoms with van der Waals surface area (Å²) in [6, 6.07) is 2.79. The zero-order valence-electron chi connectivity index (χ0n) is 9.09. The fraction of sp³-hybridized carbons (Fsp3) is 0.364. The molecule has 1 aromatic carbocycles. The van der Waals surface area contributed by atoms with Gasteiger partial charge in [0.05, 0.1) is 12.1 Å². The molecule has 0 aromatic heterocycles. The van der Waals surface area contributed by atoms with Crippen molar-refractivity contribution in [2.45, 2.75) is 19.4 Å². The van der Waals surface area contributed by atoms with Crippen LogP contribution >= 0.6 is 23.2 Å². The van der Waals surface area contributed by atoms with Gasteiger partial charge in [-0.25, -0.2) is 0 Å². The van der Waals surface area contributed by atoms with Gasteiger partial charge in [-0.1, -0.05) is 23.2 Å². The summed E-state index contributed by atoms with van der Waals surface area (Å²) in [5, 5.41) is 0.865. The van der Waals surface area contributed by atoms with Gasteiger partial charge in [0.25, 0.3) is 0 Å². The number of rotatable bonds is 4. The molecule has 0 amide bonds. The van der Waals surface area contributed by atoms with Crippen LogP contribution in [0, 0.1) is 0 Å². The van der Waals surface area contributed by atoms with E-state index in [1.165, 1.54) is 14.0 Å². The van der Waals surface area contributed by atoms with Crippen molar-refractivity contribution in [3.63, 3.8) is 0 Å². The molecule has 1 atom stereocenters. The molecule has 2 N–H and O–H groups in total. The number of carbonyl (C=O) groups is 1. The molecule has 88 valence electrons. The quantitative estimate of drug-likeness (QED) is 0.907. The summed E-state index contributed by atoms with van der Waals surface area (Å²) in [4.78, 5) is 11.0. The Labute approximate surface area is 104 Å². The topological polar surface area (TPSA) is 52.3 Å². The van der Waals surface area contributed by atoms with Crippen LogP contribution in [0.4, 0.5) is 0 Å². The molecule has 3 nitrogen and oxygen atoms in total. The molecule has 0 bridgehead atoms. The van der Waals surface area contributed by atoms with E-state index in [1.807, 2.05) is 0 Å². The zero-order chi connectivity index (χ0) is 12.3. The lowest BCUT2D eigenvalue weighted by atomic mass is 10.0. The van der Waals surface area contributed by atoms with E-state index in [9.17, 15) is 4.79 Å². The lowest BCUT2D eigenvalue weighted by molar-refractivity contribution is -0.117. The first-order chi connectivity index (χ1) is 7.45. The summed E-state index contributed by atoms with van der Waals surface area (Å²) >= 11 is 11.8. The molecular formula is C11H13Cl2NO2. The van der Waals surface area contributed by atoms with E-state index < -0.39 is 6.04 Å². The van der Waals surface area contributed by atoms with Crippen LogP contribution in [-0.4, -0.2) is 12.9 Å². The highest BCUT2D eigenvalue weighted by Crippen LogP contribution is 2.35. The highest BCUT2D eigenvalue weighted by molar-refractivity contribution is 6.35. The molecule has 16 heavy (non-hydrogen) atoms. The number of hydrogen-bond acceptors (Lipinski definition) is 3. The molecule has 0 aliphatic carbocycles. The van der Waals surface area contributed by atoms with Crippen molar-refractivity contribution in [3.05, 3.63) is 27.7 Å². The Bertz CT molecular complexity index is 407. The molecule has 0 heterocycles. The highest BCUT2D eigenvalue weighted by Gasteiger charge is 2.17. The van der Waals surface area contributed by atoms with E-state index in [0.29, 0.717) is 21.4 Å². The predicted octanol–water partition coefficient (Wildman–Crippen LogP) is 2.98. The molecule has 1 unspecified atom stereocenters. The van der Waals surface area contributed by atoms with E-state index >= 15 is 0 Å². The molecule has 0 fully saturated rings. The number of Topliss-reactive ketones (excluding diaryl/α,β-unsaturated/α-hetero) is 1. The summed E-state index contributed by atoms with van der Waals surface area (Å²) in [6.07, 6.45) is 0.229. The Balaban J connectivity index is 3.15. The first kappa shape index (κ1) is 13.3. The minimum Gasteiger partial charge on any atom is -0.495 e. The second kappa shape index (κ2) is 5.53. The smallest absolute Gasteiger partial charge is 0.142 e. The van der Waals surface area contributed by atoms with Crippen LogP contribution in [0.15, 0.2) is 12.1 Å². The molecule has 1 aromatic rings. The third-order valence-electron chi connectivity index (χ3n) is 2.15. The van der Waals surface area contributed by atoms with Crippen molar-refractivity contribution in [1.29, 1.82) is 0 Å². The number of hydrogen-bond donors (Lipinski definition) is 1. The number of halogens is 2. The largest absolute Gasteiger partial charge is 0.495 e. The second-order valence-electron chi connectivity index (χ2n) is 3.52. The first-order valence-corrected chi connectivity index (χ1v) is 5.49. The fourth-order valence-electron chi connectivity index (χ4n) is 1.49. The molecule has 0 saturated carbocycles. The van der Waals surface area contributed by atoms with Crippen molar-refractivity contribution >= 4 is 29.0 Å². The first-order valence-electron chi connectivity index (χ1n) is 4.73. The van der Waals surface area contributed by atoms with E-state index in [0.717, 1.165) is 0 Å². The van der Waals surface area contributed by atoms with Crippen molar-refractivity contribution in [3.8, 4) is 5.75 Å². The maximum absolute atomic E-state index is 11.0. The number of carbonyl (C=O) groups excluding carboxylic acids is 1. The zero-order valence-corrected chi connectivity index (χ0v) is 10.6. The maximum Gasteiger partial charge on any atom is 0.142 e. The average molecular weight is 262 g/mol. The fourth-order valence-corrected chi connectivity index (χ4v) is 2.08. The number of methoxy groups -OCH3 is 1. The normalized spacial score (nSPS) is 12.3. The Morgan fingerprint density at radius 1 is 1.50 bits per heavy atom. The van der Waals surface area contributed by atoms with Crippen LogP contribution in [0.3, 0.4) is 0 Å². The van der Waals surface area contributed by atoms with Crippen LogP contribution in [-0.2, 0) is 4.79 Å². The Kier molecular flexibility index (Phi) is 4.59. The second-order valence-corrected chi connectivity index (χ2v) is 4.37. The standard InChI is InChI=1S/C11H13Cl2NO2/c1-6(15)3-10(14)8-4-7(12)5-9(13)11(8)16-2/h4-5,10H,3,14H2,1-2H3. The summed E-state index contributed by atoms with van der Waals surface area (Å²) in [5.74, 6) is 0.477. The summed E-state index contributed by atoms with van der Waals surface area (Å²) < 4.78 is 5.15. The van der Waals surface area contributed by atoms with Gasteiger partial charge in [-0.3, -0.25) is 4.79 Å². The van der Waals surface area contributed by atoms with E-state index in [2.05, 4.69) is 0 Å². The van der Waals surface area contributed by atoms with E-state index in [1.54, 1.807) is 12.1 Å². The number of nitrogens with two attached hydrogens (primary N) is 1. The molecule has 5 heteroatoms. The third kappa shape index (κ3) is 3.11. The number of ether oxygens (including phenoxy) is 1. The van der Waals surface area contributed by atoms with Crippen molar-refractivity contribution in [2.75, 3.05) is 7.11 Å². The average Bonchev–Trinajstić information content (AvgIpc) is 2.15. The van der Waals surface area contributed by atoms with Crippen LogP contribution in [0.2, 0.25) is 10.0 Å². The molecule has 0 radical (unpaired) electrons. The van der Waals surface area contributed by atoms with Gasteiger partial charge in [0.2, 0.25) is 0 Å². The maximum atomic E-state index is 11.0. The van der Waals surface area contributed by atoms with Crippen LogP contribution in [0.1, 0.15) is 24.9 Å². The predicted molar refractivity (Wildman–Crippen MR) is 65.2 cm³/mol. The summed E-state index contributed by atoms with van der Waals surface area (Å²) in [5.41, 5.74) is 6.54. The van der Waals surface area contributed by atoms with Crippen molar-refractivity contribution in [1.82, 2.24) is 0 Å². The van der Waals surface area contributed by atoms with Gasteiger partial charge in [0.1, 0.15) is 11.5 Å². The molecular weight excluding hydrogens is 249 g/mol. The molecule has 1 rings (SSSR count). The number of ketones is 1. The number of benzene rings is 1. The minimum absolute atomic E-state index is 0.00523. The van der Waals surface area contributed by atoms with Gasteiger partial charge in [0, 0.05) is 23.0 Å². The monoisotopic (exact) mass is 261 g/mol. The van der Waals surface area contributed by atoms with Crippen molar-refractivity contribution < 1.29 is 9.53 Å². The van der Waals surface area contributed by atoms with Gasteiger partial charge in [0.15, 0.2) is 0 Å². The van der Waals surface area contributed by atoms with Gasteiger partial charge in [-0.05, 0) is 19.1 Å². The third-order valence-corrected chi connectivity index (χ3v) is 2.65. The molecule has 0 aliphatic heterocycles. The van der Waals surface area contributed by atoms with Gasteiger partial charge in [-0.2, -0.15) is 0 Å². The Morgan fingerprint density at radius 2 is 2.12 bits per heavy atom. The van der Waals surface area contributed by atoms with Gasteiger partial charge < -0.3 is 10.5 Å². The van der Waals surface area contributed by atoms with Crippen molar-refractivity contribution in [2.24, 2.45) is 5.73 Å². The lowest BCUT2D eigenvalue weighted by Crippen LogP contribution is -2.15. The summed E-state index contributed by atoms with van der Waals surface area (Å²) in [7, 11) is 1.50. The van der Waals surface area contributed by atoms with Gasteiger partial charge >= 0.3 is 0 Å². The Morgan fingerprint density at radius 3 is 2.62 bits per heavy atom. The Hall–Kier alpha value is -0.770. The molecule has 0 saturated heterocycles. The van der Waals surface area contributed by atoms with Gasteiger partial charge in [-0.15, -0.1) is 0 Å². The van der Waals surface area contributed by atoms with Crippen LogP contribution in [0.25, 0.3) is 0 Å². The highest BCUT2D eigenvalue weighted by atomic mass is 35.5. The molecule has 0 aliphatic rings. The summed E-state index contributed by atoms with van der Waals surface area (Å²) in [6.45, 7) is 1.48. The minimum atomic E-state index is -0.455. The van der Waals surface area contributed by atoms with Crippen LogP contribution < -0.4 is 10.5 Å². The SMILES string of the molecule is COc1c(Cl)cc(Cl)cc1C(N)CC(C)=O. The van der Waals surface area contributed by atoms with Crippen LogP contribution in [0.5, 0.6) is 5.75 Å². The molecule has 0 spiro atoms. The lowest BCUT2D eigenvalue weighted by Gasteiger charge is -2.16.